The highest BCUT2D eigenvalue weighted by Gasteiger charge is 2.09. The van der Waals surface area contributed by atoms with Crippen molar-refractivity contribution in [1.29, 1.82) is 0 Å². The lowest BCUT2D eigenvalue weighted by atomic mass is 10.2. The number of aromatic nitrogens is 3. The minimum atomic E-state index is -1.04. The molecule has 1 heterocycles. The molecular weight excluding hydrogens is 212 g/mol. The SMILES string of the molecule is NC(=O)Cn1nnc2cc(C(=O)O)ccc21. The fraction of sp³-hybridized carbons (Fsp3) is 0.111. The molecule has 0 aliphatic carbocycles. The Labute approximate surface area is 89.5 Å². The number of carboxylic acid groups (broad SMARTS) is 1. The lowest BCUT2D eigenvalue weighted by molar-refractivity contribution is -0.118. The van der Waals surface area contributed by atoms with Crippen LogP contribution in [0.3, 0.4) is 0 Å². The third-order valence-electron chi connectivity index (χ3n) is 2.07. The Hall–Kier alpha value is -2.44. The van der Waals surface area contributed by atoms with Crippen LogP contribution < -0.4 is 5.73 Å². The number of amides is 1. The van der Waals surface area contributed by atoms with Crippen molar-refractivity contribution in [3.63, 3.8) is 0 Å². The summed E-state index contributed by atoms with van der Waals surface area (Å²) < 4.78 is 1.32. The van der Waals surface area contributed by atoms with E-state index in [9.17, 15) is 9.59 Å². The van der Waals surface area contributed by atoms with E-state index in [4.69, 9.17) is 10.8 Å². The molecule has 0 saturated heterocycles. The number of aromatic carboxylic acids is 1. The summed E-state index contributed by atoms with van der Waals surface area (Å²) in [5.41, 5.74) is 6.15. The molecule has 1 aromatic heterocycles. The lowest BCUT2D eigenvalue weighted by Gasteiger charge is -1.98. The van der Waals surface area contributed by atoms with Crippen molar-refractivity contribution in [3.8, 4) is 0 Å². The largest absolute Gasteiger partial charge is 0.478 e. The molecule has 0 aliphatic rings. The maximum atomic E-state index is 10.7. The van der Waals surface area contributed by atoms with Gasteiger partial charge in [-0.2, -0.15) is 0 Å². The van der Waals surface area contributed by atoms with Crippen LogP contribution in [0.5, 0.6) is 0 Å². The molecule has 2 aromatic rings. The monoisotopic (exact) mass is 220 g/mol. The van der Waals surface area contributed by atoms with E-state index >= 15 is 0 Å². The highest BCUT2D eigenvalue weighted by molar-refractivity contribution is 5.92. The van der Waals surface area contributed by atoms with E-state index in [-0.39, 0.29) is 12.1 Å². The molecule has 0 spiro atoms. The molecule has 1 aromatic carbocycles. The summed E-state index contributed by atoms with van der Waals surface area (Å²) in [6, 6.07) is 4.36. The number of primary amides is 1. The summed E-state index contributed by atoms with van der Waals surface area (Å²) in [4.78, 5) is 21.4. The van der Waals surface area contributed by atoms with E-state index < -0.39 is 11.9 Å². The summed E-state index contributed by atoms with van der Waals surface area (Å²) in [5.74, 6) is -1.57. The van der Waals surface area contributed by atoms with Gasteiger partial charge in [0, 0.05) is 0 Å². The molecule has 16 heavy (non-hydrogen) atoms. The summed E-state index contributed by atoms with van der Waals surface area (Å²) in [5, 5.41) is 16.2. The van der Waals surface area contributed by atoms with Crippen LogP contribution in [0.2, 0.25) is 0 Å². The van der Waals surface area contributed by atoms with Gasteiger partial charge >= 0.3 is 5.97 Å². The van der Waals surface area contributed by atoms with Gasteiger partial charge < -0.3 is 10.8 Å². The van der Waals surface area contributed by atoms with E-state index in [1.165, 1.54) is 16.8 Å². The summed E-state index contributed by atoms with van der Waals surface area (Å²) in [7, 11) is 0. The molecule has 82 valence electrons. The van der Waals surface area contributed by atoms with Gasteiger partial charge in [-0.15, -0.1) is 5.10 Å². The molecule has 0 fully saturated rings. The van der Waals surface area contributed by atoms with Gasteiger partial charge in [0.25, 0.3) is 0 Å². The Bertz CT molecular complexity index is 575. The molecule has 0 bridgehead atoms. The van der Waals surface area contributed by atoms with Gasteiger partial charge in [0.15, 0.2) is 0 Å². The predicted octanol–water partition coefficient (Wildman–Crippen LogP) is -0.385. The van der Waals surface area contributed by atoms with Crippen molar-refractivity contribution in [2.45, 2.75) is 6.54 Å². The zero-order valence-corrected chi connectivity index (χ0v) is 8.12. The molecular formula is C9H8N4O3. The smallest absolute Gasteiger partial charge is 0.335 e. The number of nitrogens with zero attached hydrogens (tertiary/aromatic N) is 3. The highest BCUT2D eigenvalue weighted by atomic mass is 16.4. The topological polar surface area (TPSA) is 111 Å². The van der Waals surface area contributed by atoms with Gasteiger partial charge in [0.2, 0.25) is 5.91 Å². The zero-order chi connectivity index (χ0) is 11.7. The molecule has 0 atom stereocenters. The second kappa shape index (κ2) is 3.61. The molecule has 7 heteroatoms. The van der Waals surface area contributed by atoms with Crippen LogP contribution in [-0.2, 0) is 11.3 Å². The first-order valence-electron chi connectivity index (χ1n) is 4.43. The van der Waals surface area contributed by atoms with Crippen LogP contribution in [0.15, 0.2) is 18.2 Å². The predicted molar refractivity (Wildman–Crippen MR) is 53.7 cm³/mol. The number of carboxylic acids is 1. The first-order chi connectivity index (χ1) is 7.58. The van der Waals surface area contributed by atoms with Crippen LogP contribution in [0.25, 0.3) is 11.0 Å². The minimum absolute atomic E-state index is 0.0804. The third kappa shape index (κ3) is 1.70. The fourth-order valence-corrected chi connectivity index (χ4v) is 1.37. The van der Waals surface area contributed by atoms with Crippen molar-refractivity contribution in [1.82, 2.24) is 15.0 Å². The van der Waals surface area contributed by atoms with Crippen LogP contribution >= 0.6 is 0 Å². The minimum Gasteiger partial charge on any atom is -0.478 e. The Morgan fingerprint density at radius 3 is 2.81 bits per heavy atom. The number of hydrogen-bond donors (Lipinski definition) is 2. The number of fused-ring (bicyclic) bond motifs is 1. The number of hydrogen-bond acceptors (Lipinski definition) is 4. The molecule has 3 N–H and O–H groups in total. The molecule has 0 radical (unpaired) electrons. The maximum absolute atomic E-state index is 10.7. The second-order valence-corrected chi connectivity index (χ2v) is 3.22. The van der Waals surface area contributed by atoms with E-state index in [0.29, 0.717) is 11.0 Å². The maximum Gasteiger partial charge on any atom is 0.335 e. The Kier molecular flexibility index (Phi) is 2.28. The molecule has 0 unspecified atom stereocenters. The molecule has 0 aliphatic heterocycles. The average Bonchev–Trinajstić information content (AvgIpc) is 2.60. The molecule has 1 amide bonds. The summed E-state index contributed by atoms with van der Waals surface area (Å²) >= 11 is 0. The van der Waals surface area contributed by atoms with Gasteiger partial charge in [-0.3, -0.25) is 4.79 Å². The molecule has 0 saturated carbocycles. The number of benzene rings is 1. The Morgan fingerprint density at radius 2 is 2.19 bits per heavy atom. The molecule has 7 nitrogen and oxygen atoms in total. The summed E-state index contributed by atoms with van der Waals surface area (Å²) in [6.45, 7) is -0.0804. The lowest BCUT2D eigenvalue weighted by Crippen LogP contribution is -2.19. The van der Waals surface area contributed by atoms with E-state index in [2.05, 4.69) is 10.3 Å². The Balaban J connectivity index is 2.50. The fourth-order valence-electron chi connectivity index (χ4n) is 1.37. The van der Waals surface area contributed by atoms with Crippen molar-refractivity contribution >= 4 is 22.9 Å². The quantitative estimate of drug-likeness (QED) is 0.732. The number of carbonyl (C=O) groups is 2. The first-order valence-corrected chi connectivity index (χ1v) is 4.43. The highest BCUT2D eigenvalue weighted by Crippen LogP contribution is 2.13. The van der Waals surface area contributed by atoms with Crippen LogP contribution in [0.1, 0.15) is 10.4 Å². The van der Waals surface area contributed by atoms with Crippen LogP contribution in [0, 0.1) is 0 Å². The second-order valence-electron chi connectivity index (χ2n) is 3.22. The number of rotatable bonds is 3. The van der Waals surface area contributed by atoms with Crippen molar-refractivity contribution in [3.05, 3.63) is 23.8 Å². The zero-order valence-electron chi connectivity index (χ0n) is 8.12. The number of carbonyl (C=O) groups excluding carboxylic acids is 1. The van der Waals surface area contributed by atoms with Crippen molar-refractivity contribution in [2.24, 2.45) is 5.73 Å². The van der Waals surface area contributed by atoms with E-state index in [1.54, 1.807) is 6.07 Å². The van der Waals surface area contributed by atoms with Crippen LogP contribution in [-0.4, -0.2) is 32.0 Å². The third-order valence-corrected chi connectivity index (χ3v) is 2.07. The number of nitrogens with two attached hydrogens (primary N) is 1. The van der Waals surface area contributed by atoms with Gasteiger partial charge in [-0.25, -0.2) is 9.48 Å². The summed E-state index contributed by atoms with van der Waals surface area (Å²) in [6.07, 6.45) is 0. The van der Waals surface area contributed by atoms with Crippen LogP contribution in [0.4, 0.5) is 0 Å². The average molecular weight is 220 g/mol. The van der Waals surface area contributed by atoms with Gasteiger partial charge in [0.05, 0.1) is 11.1 Å². The van der Waals surface area contributed by atoms with E-state index in [1.807, 2.05) is 0 Å². The van der Waals surface area contributed by atoms with Crippen molar-refractivity contribution < 1.29 is 14.7 Å². The van der Waals surface area contributed by atoms with Gasteiger partial charge in [-0.05, 0) is 18.2 Å². The van der Waals surface area contributed by atoms with E-state index in [0.717, 1.165) is 0 Å². The van der Waals surface area contributed by atoms with Gasteiger partial charge in [-0.1, -0.05) is 5.21 Å². The first kappa shape index (κ1) is 10.1. The normalized spacial score (nSPS) is 10.5. The van der Waals surface area contributed by atoms with Crippen molar-refractivity contribution in [2.75, 3.05) is 0 Å². The standard InChI is InChI=1S/C9H8N4O3/c10-8(14)4-13-7-2-1-5(9(15)16)3-6(7)11-12-13/h1-3H,4H2,(H2,10,14)(H,15,16). The molecule has 2 rings (SSSR count). The van der Waals surface area contributed by atoms with Gasteiger partial charge in [0.1, 0.15) is 12.1 Å². The Morgan fingerprint density at radius 1 is 1.44 bits per heavy atom.